The number of benzene rings is 1. The van der Waals surface area contributed by atoms with Gasteiger partial charge in [0.25, 0.3) is 5.69 Å². The average Bonchev–Trinajstić information content (AvgIpc) is 2.39. The summed E-state index contributed by atoms with van der Waals surface area (Å²) in [5, 5.41) is 14.1. The highest BCUT2D eigenvalue weighted by atomic mass is 35.5. The fourth-order valence-electron chi connectivity index (χ4n) is 1.48. The number of nitro groups is 1. The smallest absolute Gasteiger partial charge is 0.287 e. The minimum atomic E-state index is -0.503. The van der Waals surface area contributed by atoms with Gasteiger partial charge in [-0.05, 0) is 24.3 Å². The Morgan fingerprint density at radius 3 is 2.74 bits per heavy atom. The van der Waals surface area contributed by atoms with Crippen LogP contribution in [0.25, 0.3) is 0 Å². The van der Waals surface area contributed by atoms with Gasteiger partial charge in [0.15, 0.2) is 0 Å². The van der Waals surface area contributed by atoms with Crippen LogP contribution in [0.5, 0.6) is 5.75 Å². The number of hydrogen-bond donors (Lipinski definition) is 1. The maximum Gasteiger partial charge on any atom is 0.287 e. The van der Waals surface area contributed by atoms with Gasteiger partial charge in [-0.25, -0.2) is 4.98 Å². The fraction of sp³-hybridized carbons (Fsp3) is 0.0833. The van der Waals surface area contributed by atoms with Crippen LogP contribution in [0.2, 0.25) is 5.02 Å². The van der Waals surface area contributed by atoms with Crippen LogP contribution in [0.3, 0.4) is 0 Å². The van der Waals surface area contributed by atoms with Crippen molar-refractivity contribution in [3.63, 3.8) is 0 Å². The number of anilines is 2. The Bertz CT molecular complexity index is 602. The molecule has 1 N–H and O–H groups in total. The summed E-state index contributed by atoms with van der Waals surface area (Å²) < 4.78 is 5.18. The lowest BCUT2D eigenvalue weighted by Crippen LogP contribution is -1.97. The van der Waals surface area contributed by atoms with Crippen LogP contribution in [0, 0.1) is 10.1 Å². The zero-order valence-electron chi connectivity index (χ0n) is 9.96. The van der Waals surface area contributed by atoms with Crippen molar-refractivity contribution in [1.29, 1.82) is 0 Å². The lowest BCUT2D eigenvalue weighted by molar-refractivity contribution is -0.385. The number of nitrogens with zero attached hydrogens (tertiary/aromatic N) is 2. The van der Waals surface area contributed by atoms with E-state index in [2.05, 4.69) is 10.3 Å². The van der Waals surface area contributed by atoms with E-state index in [-0.39, 0.29) is 5.69 Å². The van der Waals surface area contributed by atoms with E-state index in [9.17, 15) is 10.1 Å². The van der Waals surface area contributed by atoms with Crippen molar-refractivity contribution >= 4 is 28.8 Å². The maximum atomic E-state index is 10.5. The van der Waals surface area contributed by atoms with Crippen molar-refractivity contribution in [2.45, 2.75) is 0 Å². The van der Waals surface area contributed by atoms with Gasteiger partial charge in [-0.15, -0.1) is 0 Å². The topological polar surface area (TPSA) is 77.3 Å². The van der Waals surface area contributed by atoms with E-state index in [0.717, 1.165) is 0 Å². The molecule has 19 heavy (non-hydrogen) atoms. The molecule has 0 fully saturated rings. The summed E-state index contributed by atoms with van der Waals surface area (Å²) in [6.07, 6.45) is 1.18. The van der Waals surface area contributed by atoms with Crippen molar-refractivity contribution in [3.8, 4) is 5.75 Å². The summed E-state index contributed by atoms with van der Waals surface area (Å²) in [6, 6.07) is 7.99. The highest BCUT2D eigenvalue weighted by molar-refractivity contribution is 6.31. The second-order valence-corrected chi connectivity index (χ2v) is 4.06. The summed E-state index contributed by atoms with van der Waals surface area (Å²) in [6.45, 7) is 0. The van der Waals surface area contributed by atoms with E-state index in [1.165, 1.54) is 25.4 Å². The summed E-state index contributed by atoms with van der Waals surface area (Å²) in [7, 11) is 1.54. The van der Waals surface area contributed by atoms with Crippen LogP contribution in [0.4, 0.5) is 17.2 Å². The van der Waals surface area contributed by atoms with E-state index in [1.54, 1.807) is 18.2 Å². The zero-order valence-corrected chi connectivity index (χ0v) is 10.7. The van der Waals surface area contributed by atoms with Gasteiger partial charge in [0, 0.05) is 11.1 Å². The highest BCUT2D eigenvalue weighted by Crippen LogP contribution is 2.30. The highest BCUT2D eigenvalue weighted by Gasteiger charge is 2.08. The molecule has 1 heterocycles. The predicted octanol–water partition coefficient (Wildman–Crippen LogP) is 3.40. The molecule has 1 aromatic carbocycles. The predicted molar refractivity (Wildman–Crippen MR) is 72.2 cm³/mol. The molecule has 7 heteroatoms. The first-order valence-corrected chi connectivity index (χ1v) is 5.69. The quantitative estimate of drug-likeness (QED) is 0.685. The number of halogens is 1. The van der Waals surface area contributed by atoms with Gasteiger partial charge in [-0.2, -0.15) is 0 Å². The molecule has 0 aliphatic carbocycles. The van der Waals surface area contributed by atoms with Gasteiger partial charge in [0.2, 0.25) is 0 Å². The summed E-state index contributed by atoms with van der Waals surface area (Å²) in [5.41, 5.74) is 0.569. The monoisotopic (exact) mass is 279 g/mol. The number of nitrogens with one attached hydrogen (secondary N) is 1. The number of rotatable bonds is 4. The lowest BCUT2D eigenvalue weighted by Gasteiger charge is -2.10. The molecule has 0 unspecified atom stereocenters. The summed E-state index contributed by atoms with van der Waals surface area (Å²) >= 11 is 5.90. The van der Waals surface area contributed by atoms with Crippen LogP contribution < -0.4 is 10.1 Å². The zero-order chi connectivity index (χ0) is 13.8. The summed E-state index contributed by atoms with van der Waals surface area (Å²) in [5.74, 6) is 1.07. The fourth-order valence-corrected chi connectivity index (χ4v) is 1.66. The van der Waals surface area contributed by atoms with Gasteiger partial charge in [0.1, 0.15) is 17.8 Å². The Balaban J connectivity index is 2.25. The number of ether oxygens (including phenoxy) is 1. The lowest BCUT2D eigenvalue weighted by atomic mass is 10.3. The maximum absolute atomic E-state index is 10.5. The molecule has 0 saturated carbocycles. The van der Waals surface area contributed by atoms with E-state index in [4.69, 9.17) is 16.3 Å². The number of aromatic nitrogens is 1. The molecule has 2 rings (SSSR count). The second kappa shape index (κ2) is 5.53. The minimum absolute atomic E-state index is 0.0661. The first kappa shape index (κ1) is 13.1. The van der Waals surface area contributed by atoms with Gasteiger partial charge in [-0.3, -0.25) is 10.1 Å². The molecule has 0 aliphatic heterocycles. The molecule has 6 nitrogen and oxygen atoms in total. The van der Waals surface area contributed by atoms with Crippen LogP contribution in [0.1, 0.15) is 0 Å². The molecule has 0 radical (unpaired) electrons. The van der Waals surface area contributed by atoms with Crippen LogP contribution in [-0.2, 0) is 0 Å². The van der Waals surface area contributed by atoms with Gasteiger partial charge >= 0.3 is 0 Å². The van der Waals surface area contributed by atoms with Crippen LogP contribution in [-0.4, -0.2) is 17.0 Å². The normalized spacial score (nSPS) is 10.0. The largest absolute Gasteiger partial charge is 0.495 e. The third-order valence-electron chi connectivity index (χ3n) is 2.38. The van der Waals surface area contributed by atoms with Crippen molar-refractivity contribution in [3.05, 3.63) is 51.7 Å². The molecule has 0 spiro atoms. The van der Waals surface area contributed by atoms with Crippen LogP contribution in [0.15, 0.2) is 36.5 Å². The Hall–Kier alpha value is -2.34. The number of methoxy groups -OCH3 is 1. The van der Waals surface area contributed by atoms with E-state index < -0.39 is 4.92 Å². The molecular formula is C12H10ClN3O3. The van der Waals surface area contributed by atoms with Crippen molar-refractivity contribution in [1.82, 2.24) is 4.98 Å². The third-order valence-corrected chi connectivity index (χ3v) is 2.62. The van der Waals surface area contributed by atoms with E-state index in [0.29, 0.717) is 22.3 Å². The first-order chi connectivity index (χ1) is 9.10. The van der Waals surface area contributed by atoms with Crippen molar-refractivity contribution < 1.29 is 9.66 Å². The molecule has 98 valence electrons. The Morgan fingerprint density at radius 2 is 2.16 bits per heavy atom. The van der Waals surface area contributed by atoms with E-state index in [1.807, 2.05) is 0 Å². The molecular weight excluding hydrogens is 270 g/mol. The molecule has 0 bridgehead atoms. The minimum Gasteiger partial charge on any atom is -0.495 e. The van der Waals surface area contributed by atoms with Crippen molar-refractivity contribution in [2.75, 3.05) is 12.4 Å². The Labute approximate surface area is 114 Å². The molecule has 1 aromatic heterocycles. The van der Waals surface area contributed by atoms with Crippen LogP contribution >= 0.6 is 11.6 Å². The average molecular weight is 280 g/mol. The molecule has 0 atom stereocenters. The van der Waals surface area contributed by atoms with E-state index >= 15 is 0 Å². The number of pyridine rings is 1. The van der Waals surface area contributed by atoms with Crippen molar-refractivity contribution in [2.24, 2.45) is 0 Å². The first-order valence-electron chi connectivity index (χ1n) is 5.31. The third kappa shape index (κ3) is 3.11. The molecule has 0 amide bonds. The molecule has 2 aromatic rings. The van der Waals surface area contributed by atoms with Gasteiger partial charge in [-0.1, -0.05) is 11.6 Å². The Kier molecular flexibility index (Phi) is 3.82. The van der Waals surface area contributed by atoms with Gasteiger partial charge < -0.3 is 10.1 Å². The standard InChI is InChI=1S/C12H10ClN3O3/c1-19-11-4-2-8(13)6-10(11)15-12-5-3-9(7-14-12)16(17)18/h2-7H,1H3,(H,14,15). The molecule has 0 saturated heterocycles. The Morgan fingerprint density at radius 1 is 1.37 bits per heavy atom. The SMILES string of the molecule is COc1ccc(Cl)cc1Nc1ccc([N+](=O)[O-])cn1. The number of hydrogen-bond acceptors (Lipinski definition) is 5. The molecule has 0 aliphatic rings. The van der Waals surface area contributed by atoms with Gasteiger partial charge in [0.05, 0.1) is 17.7 Å². The summed E-state index contributed by atoms with van der Waals surface area (Å²) in [4.78, 5) is 14.0. The second-order valence-electron chi connectivity index (χ2n) is 3.63.